The average Bonchev–Trinajstić information content (AvgIpc) is 3.42. The number of hydrogen-bond donors (Lipinski definition) is 2. The second kappa shape index (κ2) is 21.6. The number of anilines is 1. The van der Waals surface area contributed by atoms with Gasteiger partial charge in [0.05, 0.1) is 19.4 Å². The molecule has 238 valence electrons. The number of phosphoric acid groups is 1. The van der Waals surface area contributed by atoms with Crippen molar-refractivity contribution in [3.8, 4) is 0 Å². The molecule has 0 radical (unpaired) electrons. The highest BCUT2D eigenvalue weighted by atomic mass is 32.2. The number of halogens is 1. The van der Waals surface area contributed by atoms with Gasteiger partial charge in [-0.05, 0) is 19.3 Å². The first-order valence-corrected chi connectivity index (χ1v) is 17.9. The summed E-state index contributed by atoms with van der Waals surface area (Å²) >= 11 is 1.27. The van der Waals surface area contributed by atoms with Crippen molar-refractivity contribution in [2.24, 2.45) is 0 Å². The van der Waals surface area contributed by atoms with Crippen LogP contribution in [0.4, 0.5) is 10.2 Å². The zero-order valence-corrected chi connectivity index (χ0v) is 26.4. The Morgan fingerprint density at radius 2 is 1.51 bits per heavy atom. The van der Waals surface area contributed by atoms with E-state index in [-0.39, 0.29) is 13.2 Å². The quantitative estimate of drug-likeness (QED) is 0.0869. The zero-order chi connectivity index (χ0) is 29.8. The summed E-state index contributed by atoms with van der Waals surface area (Å²) in [7, 11) is -4.22. The number of nitrogens with zero attached hydrogens (tertiary/aromatic N) is 2. The van der Waals surface area contributed by atoms with Gasteiger partial charge in [0.25, 0.3) is 0 Å². The Morgan fingerprint density at radius 3 is 2.10 bits per heavy atom. The lowest BCUT2D eigenvalue weighted by Crippen LogP contribution is -2.30. The van der Waals surface area contributed by atoms with E-state index in [2.05, 4.69) is 11.9 Å². The lowest BCUT2D eigenvalue weighted by molar-refractivity contribution is -0.00875. The minimum absolute atomic E-state index is 0.139. The highest BCUT2D eigenvalue weighted by Crippen LogP contribution is 2.45. The molecule has 10 nitrogen and oxygen atoms in total. The van der Waals surface area contributed by atoms with Crippen molar-refractivity contribution in [3.63, 3.8) is 0 Å². The van der Waals surface area contributed by atoms with E-state index in [0.717, 1.165) is 49.7 Å². The van der Waals surface area contributed by atoms with E-state index in [1.54, 1.807) is 0 Å². The molecule has 0 aliphatic carbocycles. The number of nitrogens with two attached hydrogens (primary N) is 1. The van der Waals surface area contributed by atoms with Crippen molar-refractivity contribution < 1.29 is 32.4 Å². The lowest BCUT2D eigenvalue weighted by Gasteiger charge is -2.16. The lowest BCUT2D eigenvalue weighted by atomic mass is 10.1. The number of unbranched alkanes of at least 4 members (excludes halogenated alkanes) is 14. The number of phosphoric ester groups is 1. The molecule has 1 unspecified atom stereocenters. The van der Waals surface area contributed by atoms with Crippen molar-refractivity contribution in [1.82, 2.24) is 9.55 Å². The Hall–Kier alpha value is -1.01. The molecule has 1 aliphatic heterocycles. The van der Waals surface area contributed by atoms with Gasteiger partial charge in [-0.1, -0.05) is 90.4 Å². The largest absolute Gasteiger partial charge is 0.472 e. The van der Waals surface area contributed by atoms with E-state index in [9.17, 15) is 18.6 Å². The van der Waals surface area contributed by atoms with Crippen LogP contribution in [0.1, 0.15) is 116 Å². The van der Waals surface area contributed by atoms with E-state index >= 15 is 0 Å². The fourth-order valence-electron chi connectivity index (χ4n) is 4.52. The van der Waals surface area contributed by atoms with E-state index in [1.165, 1.54) is 82.4 Å². The summed E-state index contributed by atoms with van der Waals surface area (Å²) in [5.41, 5.74) is 3.95. The maximum atomic E-state index is 13.7. The first kappa shape index (κ1) is 36.2. The molecule has 1 aromatic rings. The standard InChI is InChI=1S/C28H51FN3O7PS/c1-2-3-4-5-9-12-15-18-36-19-16-13-10-7-6-8-11-14-17-20-37-40(34,35)38-22-26-39-25(23-41-26)32-21-24(29)27(30)31-28(32)33/h21,25-26H,2-20,22-23H2,1H3,(H,34,35)(H2,30,31,33)/t25-,26+/m1/s1. The van der Waals surface area contributed by atoms with Crippen LogP contribution in [0, 0.1) is 5.82 Å². The maximum absolute atomic E-state index is 13.7. The third-order valence-corrected chi connectivity index (χ3v) is 9.01. The molecule has 3 N–H and O–H groups in total. The van der Waals surface area contributed by atoms with Gasteiger partial charge in [-0.25, -0.2) is 13.8 Å². The highest BCUT2D eigenvalue weighted by Gasteiger charge is 2.31. The topological polar surface area (TPSA) is 135 Å². The van der Waals surface area contributed by atoms with E-state index in [1.807, 2.05) is 0 Å². The molecule has 2 heterocycles. The third kappa shape index (κ3) is 16.4. The van der Waals surface area contributed by atoms with Gasteiger partial charge >= 0.3 is 13.5 Å². The maximum Gasteiger partial charge on any atom is 0.472 e. The number of thioether (sulfide) groups is 1. The number of hydrogen-bond acceptors (Lipinski definition) is 9. The van der Waals surface area contributed by atoms with Crippen LogP contribution in [-0.4, -0.2) is 52.1 Å². The summed E-state index contributed by atoms with van der Waals surface area (Å²) in [6.07, 6.45) is 19.2. The molecule has 3 atom stereocenters. The molecule has 0 amide bonds. The van der Waals surface area contributed by atoms with Crippen molar-refractivity contribution in [1.29, 1.82) is 0 Å². The molecule has 2 rings (SSSR count). The highest BCUT2D eigenvalue weighted by molar-refractivity contribution is 8.00. The molecule has 0 bridgehead atoms. The molecule has 0 spiro atoms. The number of ether oxygens (including phenoxy) is 2. The van der Waals surface area contributed by atoms with Gasteiger partial charge in [-0.15, -0.1) is 11.8 Å². The second-order valence-corrected chi connectivity index (χ2v) is 13.2. The van der Waals surface area contributed by atoms with Gasteiger partial charge in [0.15, 0.2) is 11.6 Å². The minimum atomic E-state index is -4.22. The Kier molecular flexibility index (Phi) is 19.1. The van der Waals surface area contributed by atoms with Crippen LogP contribution in [0.2, 0.25) is 0 Å². The Labute approximate surface area is 248 Å². The molecule has 0 aromatic carbocycles. The fraction of sp³-hybridized carbons (Fsp3) is 0.857. The smallest absolute Gasteiger partial charge is 0.381 e. The van der Waals surface area contributed by atoms with Crippen molar-refractivity contribution >= 4 is 25.4 Å². The Morgan fingerprint density at radius 1 is 0.976 bits per heavy atom. The van der Waals surface area contributed by atoms with Crippen molar-refractivity contribution in [2.75, 3.05) is 37.9 Å². The summed E-state index contributed by atoms with van der Waals surface area (Å²) in [4.78, 5) is 25.3. The van der Waals surface area contributed by atoms with Crippen LogP contribution in [0.3, 0.4) is 0 Å². The summed E-state index contributed by atoms with van der Waals surface area (Å²) in [5, 5.41) is 0. The van der Waals surface area contributed by atoms with Crippen molar-refractivity contribution in [3.05, 3.63) is 22.5 Å². The molecule has 0 saturated carbocycles. The van der Waals surface area contributed by atoms with Crippen molar-refractivity contribution in [2.45, 2.75) is 121 Å². The predicted molar refractivity (Wildman–Crippen MR) is 161 cm³/mol. The average molecular weight is 624 g/mol. The molecule has 1 saturated heterocycles. The molecule has 13 heteroatoms. The molecular formula is C28H51FN3O7PS. The second-order valence-electron chi connectivity index (χ2n) is 10.5. The van der Waals surface area contributed by atoms with Gasteiger partial charge in [0.1, 0.15) is 11.7 Å². The monoisotopic (exact) mass is 623 g/mol. The zero-order valence-electron chi connectivity index (χ0n) is 24.7. The van der Waals surface area contributed by atoms with Gasteiger partial charge in [-0.2, -0.15) is 4.98 Å². The summed E-state index contributed by atoms with van der Waals surface area (Å²) < 4.78 is 48.3. The first-order valence-electron chi connectivity index (χ1n) is 15.3. The van der Waals surface area contributed by atoms with Crippen LogP contribution >= 0.6 is 19.6 Å². The third-order valence-electron chi connectivity index (χ3n) is 6.93. The molecule has 41 heavy (non-hydrogen) atoms. The summed E-state index contributed by atoms with van der Waals surface area (Å²) in [6.45, 7) is 3.96. The fourth-order valence-corrected chi connectivity index (χ4v) is 6.37. The van der Waals surface area contributed by atoms with Crippen LogP contribution in [0.5, 0.6) is 0 Å². The van der Waals surface area contributed by atoms with E-state index in [0.29, 0.717) is 12.2 Å². The normalized spacial score (nSPS) is 18.6. The molecule has 1 aromatic heterocycles. The summed E-state index contributed by atoms with van der Waals surface area (Å²) in [6, 6.07) is 0. The van der Waals surface area contributed by atoms with E-state index < -0.39 is 36.8 Å². The number of nitrogen functional groups attached to an aromatic ring is 1. The molecule has 1 aliphatic rings. The molecular weight excluding hydrogens is 572 g/mol. The van der Waals surface area contributed by atoms with Gasteiger partial charge in [-0.3, -0.25) is 13.6 Å². The van der Waals surface area contributed by atoms with Crippen LogP contribution in [-0.2, 0) is 23.1 Å². The number of aromatic nitrogens is 2. The first-order chi connectivity index (χ1) is 19.8. The Balaban J connectivity index is 1.37. The predicted octanol–water partition coefficient (Wildman–Crippen LogP) is 6.96. The van der Waals surface area contributed by atoms with E-state index in [4.69, 9.17) is 24.3 Å². The van der Waals surface area contributed by atoms with Crippen LogP contribution in [0.25, 0.3) is 0 Å². The van der Waals surface area contributed by atoms with Gasteiger partial charge in [0, 0.05) is 19.0 Å². The van der Waals surface area contributed by atoms with Gasteiger partial charge < -0.3 is 20.1 Å². The molecule has 1 fully saturated rings. The van der Waals surface area contributed by atoms with Gasteiger partial charge in [0.2, 0.25) is 0 Å². The number of rotatable bonds is 25. The van der Waals surface area contributed by atoms with Crippen LogP contribution < -0.4 is 11.4 Å². The van der Waals surface area contributed by atoms with Crippen LogP contribution in [0.15, 0.2) is 11.0 Å². The summed E-state index contributed by atoms with van der Waals surface area (Å²) in [5.74, 6) is -0.976. The SMILES string of the molecule is CCCCCCCCCOCCCCCCCCCCCOP(=O)(O)OC[C@H]1O[C@@H](n2cc(F)c(N)nc2=O)CS1. The minimum Gasteiger partial charge on any atom is -0.381 e. The Bertz CT molecular complexity index is 942.